The van der Waals surface area contributed by atoms with Crippen LogP contribution >= 0.6 is 0 Å². The molecule has 1 aromatic heterocycles. The number of rotatable bonds is 13. The Balaban J connectivity index is 1.20. The van der Waals surface area contributed by atoms with Crippen LogP contribution < -0.4 is 14.4 Å². The zero-order valence-electron chi connectivity index (χ0n) is 34.6. The van der Waals surface area contributed by atoms with Crippen molar-refractivity contribution in [1.29, 1.82) is 0 Å². The number of nitrogens with zero attached hydrogens (tertiary/aromatic N) is 5. The number of aryl methyl sites for hydroxylation is 1. The third-order valence-electron chi connectivity index (χ3n) is 12.3. The van der Waals surface area contributed by atoms with Gasteiger partial charge < -0.3 is 33.3 Å². The van der Waals surface area contributed by atoms with E-state index in [0.29, 0.717) is 55.3 Å². The first-order chi connectivity index (χ1) is 27.9. The van der Waals surface area contributed by atoms with Crippen LogP contribution in [0.1, 0.15) is 65.4 Å². The minimum atomic E-state index is -0.836. The molecule has 5 unspecified atom stereocenters. The van der Waals surface area contributed by atoms with Gasteiger partial charge >= 0.3 is 12.1 Å². The molecule has 4 saturated heterocycles. The predicted octanol–water partition coefficient (Wildman–Crippen LogP) is 7.51. The van der Waals surface area contributed by atoms with E-state index in [0.717, 1.165) is 48.4 Å². The number of fused-ring (bicyclic) bond motifs is 6. The van der Waals surface area contributed by atoms with E-state index in [4.69, 9.17) is 33.4 Å². The van der Waals surface area contributed by atoms with E-state index in [9.17, 15) is 4.79 Å². The number of anilines is 1. The topological polar surface area (TPSA) is 108 Å². The van der Waals surface area contributed by atoms with Crippen molar-refractivity contribution in [2.75, 3.05) is 59.3 Å². The molecule has 4 fully saturated rings. The second-order valence-corrected chi connectivity index (χ2v) is 17.0. The quantitative estimate of drug-likeness (QED) is 0.125. The monoisotopic (exact) mass is 803 g/mol. The summed E-state index contributed by atoms with van der Waals surface area (Å²) in [6.45, 7) is 9.08. The number of carbonyl (C=O) groups is 1. The standard InChI is InChI=1S/C44H55F2N5O7/c1-8-25-10-9-11-26-16-30(57-24-53-5)18-32(37(25)26)38-34(45)19-33-40(39(38)46)47-42(56-23-31(54-6)22-50-27-14-15-35(50)36(17-27)55-7)48-41(33)49-20-28-12-13-29(21-49)51(28)43(52)58-44(2,3)4/h9-11,16,18-19,27-29,31,35-36H,8,12-15,17,20-24H2,1-7H3/t27?,28?,29?,31-,35?,36?/m1/s1. The van der Waals surface area contributed by atoms with Crippen LogP contribution in [-0.2, 0) is 25.4 Å². The summed E-state index contributed by atoms with van der Waals surface area (Å²) in [5, 5.41) is 1.72. The van der Waals surface area contributed by atoms with Crippen LogP contribution in [0.4, 0.5) is 19.4 Å². The summed E-state index contributed by atoms with van der Waals surface area (Å²) in [4.78, 5) is 29.2. The number of hydrogen-bond donors (Lipinski definition) is 0. The van der Waals surface area contributed by atoms with Crippen LogP contribution in [0.5, 0.6) is 11.8 Å². The Labute approximate surface area is 338 Å². The first-order valence-electron chi connectivity index (χ1n) is 20.5. The summed E-state index contributed by atoms with van der Waals surface area (Å²) in [5.41, 5.74) is 0.341. The molecule has 4 aliphatic heterocycles. The van der Waals surface area contributed by atoms with Crippen molar-refractivity contribution < 1.29 is 42.0 Å². The van der Waals surface area contributed by atoms with Gasteiger partial charge in [0.1, 0.15) is 41.2 Å². The highest BCUT2D eigenvalue weighted by Gasteiger charge is 2.47. The van der Waals surface area contributed by atoms with Crippen LogP contribution in [0.3, 0.4) is 0 Å². The number of piperazine rings is 1. The average molecular weight is 804 g/mol. The van der Waals surface area contributed by atoms with E-state index in [1.165, 1.54) is 13.2 Å². The fraction of sp³-hybridized carbons (Fsp3) is 0.568. The number of methoxy groups -OCH3 is 3. The summed E-state index contributed by atoms with van der Waals surface area (Å²) in [6.07, 6.45) is 4.90. The molecule has 12 nitrogen and oxygen atoms in total. The van der Waals surface area contributed by atoms with Crippen LogP contribution in [0.2, 0.25) is 0 Å². The van der Waals surface area contributed by atoms with Gasteiger partial charge in [-0.25, -0.2) is 13.6 Å². The Bertz CT molecular complexity index is 2150. The molecule has 5 heterocycles. The van der Waals surface area contributed by atoms with Crippen LogP contribution in [0.15, 0.2) is 36.4 Å². The molecule has 6 atom stereocenters. The van der Waals surface area contributed by atoms with Gasteiger partial charge in [0.25, 0.3) is 0 Å². The number of aromatic nitrogens is 2. The molecular weight excluding hydrogens is 749 g/mol. The van der Waals surface area contributed by atoms with E-state index in [1.807, 2.05) is 61.8 Å². The van der Waals surface area contributed by atoms with E-state index in [2.05, 4.69) is 9.88 Å². The first kappa shape index (κ1) is 40.4. The molecule has 58 heavy (non-hydrogen) atoms. The van der Waals surface area contributed by atoms with Crippen molar-refractivity contribution in [2.24, 2.45) is 0 Å². The minimum Gasteiger partial charge on any atom is -0.468 e. The normalized spacial score (nSPS) is 23.6. The number of benzene rings is 3. The highest BCUT2D eigenvalue weighted by atomic mass is 19.1. The number of ether oxygens (including phenoxy) is 6. The second-order valence-electron chi connectivity index (χ2n) is 17.0. The fourth-order valence-electron chi connectivity index (χ4n) is 9.76. The van der Waals surface area contributed by atoms with Gasteiger partial charge in [-0.3, -0.25) is 9.80 Å². The largest absolute Gasteiger partial charge is 0.468 e. The van der Waals surface area contributed by atoms with Gasteiger partial charge in [0.05, 0.1) is 23.8 Å². The molecule has 312 valence electrons. The van der Waals surface area contributed by atoms with Crippen LogP contribution in [-0.4, -0.2) is 122 Å². The maximum atomic E-state index is 17.5. The predicted molar refractivity (Wildman–Crippen MR) is 217 cm³/mol. The lowest BCUT2D eigenvalue weighted by atomic mass is 9.92. The van der Waals surface area contributed by atoms with Gasteiger partial charge in [0.15, 0.2) is 12.6 Å². The lowest BCUT2D eigenvalue weighted by Crippen LogP contribution is -2.57. The Morgan fingerprint density at radius 2 is 1.72 bits per heavy atom. The second kappa shape index (κ2) is 16.4. The molecule has 0 N–H and O–H groups in total. The molecule has 0 radical (unpaired) electrons. The van der Waals surface area contributed by atoms with E-state index in [1.54, 1.807) is 20.3 Å². The molecule has 4 bridgehead atoms. The van der Waals surface area contributed by atoms with E-state index in [-0.39, 0.29) is 66.3 Å². The van der Waals surface area contributed by atoms with Crippen LogP contribution in [0, 0.1) is 11.6 Å². The highest BCUT2D eigenvalue weighted by molar-refractivity contribution is 6.03. The molecule has 0 spiro atoms. The summed E-state index contributed by atoms with van der Waals surface area (Å²) in [5.74, 6) is -0.839. The maximum absolute atomic E-state index is 17.5. The first-order valence-corrected chi connectivity index (χ1v) is 20.5. The molecule has 1 amide bonds. The average Bonchev–Trinajstić information content (AvgIpc) is 3.84. The molecule has 8 rings (SSSR count). The summed E-state index contributed by atoms with van der Waals surface area (Å²) < 4.78 is 69.1. The van der Waals surface area contributed by atoms with Gasteiger partial charge in [-0.1, -0.05) is 25.1 Å². The van der Waals surface area contributed by atoms with E-state index < -0.39 is 17.2 Å². The van der Waals surface area contributed by atoms with Gasteiger partial charge in [-0.05, 0) is 99.4 Å². The zero-order valence-corrected chi connectivity index (χ0v) is 34.6. The molecule has 14 heteroatoms. The SMILES string of the molecule is CCc1cccc2cc(OCOC)cc(-c3c(F)cc4c(N5CC6CCC(C5)N6C(=O)OC(C)(C)C)nc(OC[C@@H](CN5C6CCC5C(OC)C6)OC)nc4c3F)c12. The number of halogens is 2. The van der Waals surface area contributed by atoms with Gasteiger partial charge in [-0.2, -0.15) is 9.97 Å². The van der Waals surface area contributed by atoms with Crippen molar-refractivity contribution in [1.82, 2.24) is 19.8 Å². The number of carbonyl (C=O) groups excluding carboxylic acids is 1. The fourth-order valence-corrected chi connectivity index (χ4v) is 9.76. The maximum Gasteiger partial charge on any atom is 0.410 e. The van der Waals surface area contributed by atoms with Crippen molar-refractivity contribution in [2.45, 2.75) is 108 Å². The highest BCUT2D eigenvalue weighted by Crippen LogP contribution is 2.43. The van der Waals surface area contributed by atoms with Crippen molar-refractivity contribution in [3.63, 3.8) is 0 Å². The van der Waals surface area contributed by atoms with Crippen LogP contribution in [0.25, 0.3) is 32.8 Å². The third-order valence-corrected chi connectivity index (χ3v) is 12.3. The van der Waals surface area contributed by atoms with Crippen molar-refractivity contribution in [3.8, 4) is 22.9 Å². The lowest BCUT2D eigenvalue weighted by Gasteiger charge is -2.42. The Hall–Kier alpha value is -4.37. The molecule has 0 saturated carbocycles. The Morgan fingerprint density at radius 3 is 2.40 bits per heavy atom. The Morgan fingerprint density at radius 1 is 0.966 bits per heavy atom. The molecule has 3 aromatic carbocycles. The van der Waals surface area contributed by atoms with Gasteiger partial charge in [0, 0.05) is 58.4 Å². The smallest absolute Gasteiger partial charge is 0.410 e. The number of amides is 1. The zero-order chi connectivity index (χ0) is 40.9. The van der Waals surface area contributed by atoms with Crippen molar-refractivity contribution >= 4 is 33.6 Å². The summed E-state index contributed by atoms with van der Waals surface area (Å²) >= 11 is 0. The molecule has 4 aliphatic rings. The molecule has 4 aromatic rings. The third kappa shape index (κ3) is 7.64. The van der Waals surface area contributed by atoms with Gasteiger partial charge in [0.2, 0.25) is 0 Å². The minimum absolute atomic E-state index is 0.0317. The number of hydrogen-bond acceptors (Lipinski definition) is 11. The summed E-state index contributed by atoms with van der Waals surface area (Å²) in [6, 6.07) is 11.0. The lowest BCUT2D eigenvalue weighted by molar-refractivity contribution is 0.0120. The molecule has 0 aliphatic carbocycles. The van der Waals surface area contributed by atoms with Gasteiger partial charge in [-0.15, -0.1) is 0 Å². The van der Waals surface area contributed by atoms with E-state index >= 15 is 8.78 Å². The molecular formula is C44H55F2N5O7. The van der Waals surface area contributed by atoms with Crippen molar-refractivity contribution in [3.05, 3.63) is 53.6 Å². The summed E-state index contributed by atoms with van der Waals surface area (Å²) in [7, 11) is 4.94. The Kier molecular flexibility index (Phi) is 11.4.